The third kappa shape index (κ3) is 4.70. The molecule has 8 nitrogen and oxygen atoms in total. The number of hydrazone groups is 1. The molecule has 0 aromatic carbocycles. The SMILES string of the molecule is CC(C)(C)C(=O)N1N=C(N2CCCC2=O)SC1CCNS(C)(=O)=O. The summed E-state index contributed by atoms with van der Waals surface area (Å²) in [5.74, 6) is -0.139. The van der Waals surface area contributed by atoms with Gasteiger partial charge in [0.2, 0.25) is 21.8 Å². The second kappa shape index (κ2) is 7.01. The first-order valence-corrected chi connectivity index (χ1v) is 10.6. The Morgan fingerprint density at radius 2 is 2.08 bits per heavy atom. The lowest BCUT2D eigenvalue weighted by Crippen LogP contribution is -2.40. The van der Waals surface area contributed by atoms with Crippen LogP contribution < -0.4 is 4.72 Å². The van der Waals surface area contributed by atoms with E-state index in [1.54, 1.807) is 25.7 Å². The van der Waals surface area contributed by atoms with Gasteiger partial charge in [-0.2, -0.15) is 0 Å². The Hall–Kier alpha value is -1.13. The molecule has 0 aromatic rings. The molecule has 0 aliphatic carbocycles. The smallest absolute Gasteiger partial charge is 0.249 e. The first-order valence-electron chi connectivity index (χ1n) is 7.83. The van der Waals surface area contributed by atoms with E-state index in [1.165, 1.54) is 16.8 Å². The summed E-state index contributed by atoms with van der Waals surface area (Å²) in [5, 5.41) is 5.98. The van der Waals surface area contributed by atoms with Crippen molar-refractivity contribution in [1.82, 2.24) is 14.6 Å². The van der Waals surface area contributed by atoms with E-state index in [1.807, 2.05) is 0 Å². The second-order valence-corrected chi connectivity index (χ2v) is 9.94. The molecule has 1 saturated heterocycles. The Kier molecular flexibility index (Phi) is 5.61. The van der Waals surface area contributed by atoms with Gasteiger partial charge in [-0.15, -0.1) is 5.10 Å². The quantitative estimate of drug-likeness (QED) is 0.781. The third-order valence-corrected chi connectivity index (χ3v) is 5.57. The Balaban J connectivity index is 2.13. The van der Waals surface area contributed by atoms with Crippen LogP contribution in [0.4, 0.5) is 0 Å². The van der Waals surface area contributed by atoms with E-state index < -0.39 is 15.4 Å². The number of nitrogens with zero attached hydrogens (tertiary/aromatic N) is 3. The highest BCUT2D eigenvalue weighted by Gasteiger charge is 2.40. The Morgan fingerprint density at radius 3 is 2.58 bits per heavy atom. The van der Waals surface area contributed by atoms with Crippen LogP contribution in [0, 0.1) is 5.41 Å². The summed E-state index contributed by atoms with van der Waals surface area (Å²) in [6, 6.07) is 0. The number of hydrogen-bond acceptors (Lipinski definition) is 6. The molecular weight excluding hydrogens is 352 g/mol. The van der Waals surface area contributed by atoms with E-state index in [9.17, 15) is 18.0 Å². The van der Waals surface area contributed by atoms with Crippen molar-refractivity contribution in [2.24, 2.45) is 10.5 Å². The zero-order chi connectivity index (χ0) is 18.1. The molecule has 2 aliphatic heterocycles. The fourth-order valence-electron chi connectivity index (χ4n) is 2.39. The van der Waals surface area contributed by atoms with Crippen molar-refractivity contribution >= 4 is 38.8 Å². The van der Waals surface area contributed by atoms with Gasteiger partial charge in [0.25, 0.3) is 0 Å². The molecule has 0 spiro atoms. The highest BCUT2D eigenvalue weighted by atomic mass is 32.2. The van der Waals surface area contributed by atoms with E-state index >= 15 is 0 Å². The number of amides is 2. The van der Waals surface area contributed by atoms with Crippen LogP contribution in [0.15, 0.2) is 5.10 Å². The van der Waals surface area contributed by atoms with Crippen molar-refractivity contribution in [2.75, 3.05) is 19.3 Å². The minimum atomic E-state index is -3.28. The van der Waals surface area contributed by atoms with Crippen molar-refractivity contribution in [3.63, 3.8) is 0 Å². The number of hydrogen-bond donors (Lipinski definition) is 1. The molecule has 2 heterocycles. The van der Waals surface area contributed by atoms with E-state index in [0.717, 1.165) is 12.7 Å². The number of amidine groups is 1. The highest BCUT2D eigenvalue weighted by Crippen LogP contribution is 2.34. The molecule has 1 N–H and O–H groups in total. The van der Waals surface area contributed by atoms with Crippen LogP contribution >= 0.6 is 11.8 Å². The molecule has 24 heavy (non-hydrogen) atoms. The lowest BCUT2D eigenvalue weighted by Gasteiger charge is -2.27. The number of thioether (sulfide) groups is 1. The highest BCUT2D eigenvalue weighted by molar-refractivity contribution is 8.14. The Bertz CT molecular complexity index is 654. The largest absolute Gasteiger partial charge is 0.290 e. The first-order chi connectivity index (χ1) is 11.0. The minimum absolute atomic E-state index is 0.0133. The molecule has 0 saturated carbocycles. The van der Waals surface area contributed by atoms with Crippen molar-refractivity contribution < 1.29 is 18.0 Å². The number of sulfonamides is 1. The monoisotopic (exact) mass is 376 g/mol. The Labute approximate surface area is 147 Å². The zero-order valence-electron chi connectivity index (χ0n) is 14.4. The van der Waals surface area contributed by atoms with Crippen LogP contribution in [0.2, 0.25) is 0 Å². The van der Waals surface area contributed by atoms with Gasteiger partial charge in [0.05, 0.1) is 6.26 Å². The van der Waals surface area contributed by atoms with Crippen LogP contribution in [0.5, 0.6) is 0 Å². The lowest BCUT2D eigenvalue weighted by atomic mass is 9.95. The van der Waals surface area contributed by atoms with Crippen LogP contribution in [-0.4, -0.2) is 60.0 Å². The molecule has 136 valence electrons. The van der Waals surface area contributed by atoms with Crippen LogP contribution in [0.25, 0.3) is 0 Å². The fraction of sp³-hybridized carbons (Fsp3) is 0.786. The molecule has 1 unspecified atom stereocenters. The van der Waals surface area contributed by atoms with E-state index in [0.29, 0.717) is 24.6 Å². The van der Waals surface area contributed by atoms with E-state index in [2.05, 4.69) is 9.82 Å². The van der Waals surface area contributed by atoms with Gasteiger partial charge in [-0.25, -0.2) is 18.1 Å². The lowest BCUT2D eigenvalue weighted by molar-refractivity contribution is -0.140. The summed E-state index contributed by atoms with van der Waals surface area (Å²) in [7, 11) is -3.28. The second-order valence-electron chi connectivity index (χ2n) is 6.96. The summed E-state index contributed by atoms with van der Waals surface area (Å²) in [6.45, 7) is 6.23. The number of rotatable bonds is 4. The van der Waals surface area contributed by atoms with Gasteiger partial charge in [0.15, 0.2) is 5.17 Å². The predicted octanol–water partition coefficient (Wildman–Crippen LogP) is 0.767. The fourth-order valence-corrected chi connectivity index (χ4v) is 4.05. The molecule has 0 bridgehead atoms. The summed E-state index contributed by atoms with van der Waals surface area (Å²) in [6.07, 6.45) is 2.78. The molecule has 0 aromatic heterocycles. The van der Waals surface area contributed by atoms with Gasteiger partial charge in [-0.1, -0.05) is 32.5 Å². The van der Waals surface area contributed by atoms with Gasteiger partial charge in [0.1, 0.15) is 5.37 Å². The van der Waals surface area contributed by atoms with Gasteiger partial charge in [0, 0.05) is 24.9 Å². The number of carbonyl (C=O) groups is 2. The number of nitrogens with one attached hydrogen (secondary N) is 1. The molecular formula is C14H24N4O4S2. The zero-order valence-corrected chi connectivity index (χ0v) is 16.0. The third-order valence-electron chi connectivity index (χ3n) is 3.62. The standard InChI is InChI=1S/C14H24N4O4S2/c1-14(2,3)12(20)18-11(7-8-15-24(4,21)22)23-13(16-18)17-9-5-6-10(17)19/h11,15H,5-9H2,1-4H3. The van der Waals surface area contributed by atoms with Gasteiger partial charge < -0.3 is 0 Å². The van der Waals surface area contributed by atoms with Gasteiger partial charge in [-0.05, 0) is 12.8 Å². The van der Waals surface area contributed by atoms with Crippen molar-refractivity contribution in [1.29, 1.82) is 0 Å². The Morgan fingerprint density at radius 1 is 1.42 bits per heavy atom. The van der Waals surface area contributed by atoms with E-state index in [4.69, 9.17) is 0 Å². The maximum absolute atomic E-state index is 12.6. The molecule has 1 atom stereocenters. The maximum Gasteiger partial charge on any atom is 0.249 e. The van der Waals surface area contributed by atoms with Crippen molar-refractivity contribution in [3.8, 4) is 0 Å². The number of likely N-dealkylation sites (tertiary alicyclic amines) is 1. The molecule has 0 radical (unpaired) electrons. The normalized spacial score (nSPS) is 22.2. The van der Waals surface area contributed by atoms with Gasteiger partial charge in [-0.3, -0.25) is 14.5 Å². The van der Waals surface area contributed by atoms with Crippen molar-refractivity contribution in [2.45, 2.75) is 45.4 Å². The molecule has 1 fully saturated rings. The summed E-state index contributed by atoms with van der Waals surface area (Å²) < 4.78 is 24.9. The predicted molar refractivity (Wildman–Crippen MR) is 93.5 cm³/mol. The maximum atomic E-state index is 12.6. The number of carbonyl (C=O) groups excluding carboxylic acids is 2. The average Bonchev–Trinajstić information content (AvgIpc) is 3.01. The van der Waals surface area contributed by atoms with Crippen LogP contribution in [-0.2, 0) is 19.6 Å². The molecule has 10 heteroatoms. The van der Waals surface area contributed by atoms with Crippen molar-refractivity contribution in [3.05, 3.63) is 0 Å². The van der Waals surface area contributed by atoms with Crippen LogP contribution in [0.3, 0.4) is 0 Å². The average molecular weight is 377 g/mol. The minimum Gasteiger partial charge on any atom is -0.290 e. The topological polar surface area (TPSA) is 99.2 Å². The molecule has 2 rings (SSSR count). The summed E-state index contributed by atoms with van der Waals surface area (Å²) >= 11 is 1.34. The van der Waals surface area contributed by atoms with Crippen LogP contribution in [0.1, 0.15) is 40.0 Å². The summed E-state index contributed by atoms with van der Waals surface area (Å²) in [4.78, 5) is 26.2. The molecule has 2 aliphatic rings. The first kappa shape index (κ1) is 19.2. The summed E-state index contributed by atoms with van der Waals surface area (Å²) in [5.41, 5.74) is -0.614. The van der Waals surface area contributed by atoms with E-state index in [-0.39, 0.29) is 23.7 Å². The molecule has 2 amide bonds. The van der Waals surface area contributed by atoms with Gasteiger partial charge >= 0.3 is 0 Å².